The van der Waals surface area contributed by atoms with Crippen LogP contribution in [0.3, 0.4) is 0 Å². The molecule has 1 unspecified atom stereocenters. The molecule has 0 amide bonds. The summed E-state index contributed by atoms with van der Waals surface area (Å²) in [6.45, 7) is 4.40. The first-order valence-corrected chi connectivity index (χ1v) is 6.73. The SMILES string of the molecule is Cc1ccc(O)c(CNC(C)c2cccc([N+](=O)[O-])c2)c1. The Bertz CT molecular complexity index is 656. The summed E-state index contributed by atoms with van der Waals surface area (Å²) in [4.78, 5) is 10.4. The van der Waals surface area contributed by atoms with E-state index in [1.807, 2.05) is 32.0 Å². The molecule has 2 N–H and O–H groups in total. The van der Waals surface area contributed by atoms with Crippen molar-refractivity contribution in [2.45, 2.75) is 26.4 Å². The van der Waals surface area contributed by atoms with Crippen molar-refractivity contribution in [2.24, 2.45) is 0 Å². The molecule has 0 fully saturated rings. The van der Waals surface area contributed by atoms with Crippen LogP contribution in [-0.2, 0) is 6.54 Å². The van der Waals surface area contributed by atoms with Gasteiger partial charge in [-0.3, -0.25) is 10.1 Å². The predicted molar refractivity (Wildman–Crippen MR) is 81.2 cm³/mol. The van der Waals surface area contributed by atoms with Crippen molar-refractivity contribution in [1.82, 2.24) is 5.32 Å². The molecule has 0 aliphatic rings. The highest BCUT2D eigenvalue weighted by molar-refractivity contribution is 5.37. The average molecular weight is 286 g/mol. The Kier molecular flexibility index (Phi) is 4.55. The lowest BCUT2D eigenvalue weighted by atomic mass is 10.1. The Hall–Kier alpha value is -2.40. The molecule has 0 heterocycles. The molecule has 0 spiro atoms. The molecule has 0 aliphatic heterocycles. The van der Waals surface area contributed by atoms with Gasteiger partial charge in [0.25, 0.3) is 5.69 Å². The second-order valence-electron chi connectivity index (χ2n) is 5.09. The van der Waals surface area contributed by atoms with Crippen molar-refractivity contribution < 1.29 is 10.0 Å². The number of nitro benzene ring substituents is 1. The molecule has 0 saturated heterocycles. The van der Waals surface area contributed by atoms with Crippen LogP contribution in [0.4, 0.5) is 5.69 Å². The fraction of sp³-hybridized carbons (Fsp3) is 0.250. The van der Waals surface area contributed by atoms with Crippen molar-refractivity contribution in [2.75, 3.05) is 0 Å². The fourth-order valence-corrected chi connectivity index (χ4v) is 2.14. The number of phenolic OH excluding ortho intramolecular Hbond substituents is 1. The monoisotopic (exact) mass is 286 g/mol. The molecule has 2 aromatic carbocycles. The number of hydrogen-bond acceptors (Lipinski definition) is 4. The third kappa shape index (κ3) is 3.79. The number of aryl methyl sites for hydroxylation is 1. The zero-order valence-corrected chi connectivity index (χ0v) is 12.0. The molecule has 0 bridgehead atoms. The maximum absolute atomic E-state index is 10.8. The first-order valence-electron chi connectivity index (χ1n) is 6.73. The van der Waals surface area contributed by atoms with E-state index in [9.17, 15) is 15.2 Å². The normalized spacial score (nSPS) is 12.1. The van der Waals surface area contributed by atoms with E-state index in [1.165, 1.54) is 6.07 Å². The van der Waals surface area contributed by atoms with Gasteiger partial charge in [-0.05, 0) is 25.5 Å². The summed E-state index contributed by atoms with van der Waals surface area (Å²) >= 11 is 0. The summed E-state index contributed by atoms with van der Waals surface area (Å²) in [6.07, 6.45) is 0. The minimum absolute atomic E-state index is 0.0511. The number of rotatable bonds is 5. The second-order valence-corrected chi connectivity index (χ2v) is 5.09. The zero-order valence-electron chi connectivity index (χ0n) is 12.0. The maximum atomic E-state index is 10.8. The highest BCUT2D eigenvalue weighted by Gasteiger charge is 2.11. The van der Waals surface area contributed by atoms with Gasteiger partial charge in [-0.25, -0.2) is 0 Å². The lowest BCUT2D eigenvalue weighted by molar-refractivity contribution is -0.384. The number of non-ortho nitro benzene ring substituents is 1. The van der Waals surface area contributed by atoms with Gasteiger partial charge in [0.15, 0.2) is 0 Å². The van der Waals surface area contributed by atoms with Crippen molar-refractivity contribution in [3.8, 4) is 5.75 Å². The molecular weight excluding hydrogens is 268 g/mol. The summed E-state index contributed by atoms with van der Waals surface area (Å²) in [5, 5.41) is 23.9. The van der Waals surface area contributed by atoms with Gasteiger partial charge >= 0.3 is 0 Å². The highest BCUT2D eigenvalue weighted by Crippen LogP contribution is 2.22. The summed E-state index contributed by atoms with van der Waals surface area (Å²) < 4.78 is 0. The van der Waals surface area contributed by atoms with E-state index in [-0.39, 0.29) is 17.5 Å². The van der Waals surface area contributed by atoms with Gasteiger partial charge in [0.2, 0.25) is 0 Å². The van der Waals surface area contributed by atoms with E-state index in [0.29, 0.717) is 6.54 Å². The molecule has 2 aromatic rings. The first kappa shape index (κ1) is 15.0. The summed E-state index contributed by atoms with van der Waals surface area (Å²) in [7, 11) is 0. The molecule has 2 rings (SSSR count). The van der Waals surface area contributed by atoms with Gasteiger partial charge in [0.1, 0.15) is 5.75 Å². The largest absolute Gasteiger partial charge is 0.508 e. The van der Waals surface area contributed by atoms with E-state index >= 15 is 0 Å². The van der Waals surface area contributed by atoms with E-state index in [2.05, 4.69) is 5.32 Å². The quantitative estimate of drug-likeness (QED) is 0.652. The number of benzene rings is 2. The topological polar surface area (TPSA) is 75.4 Å². The highest BCUT2D eigenvalue weighted by atomic mass is 16.6. The van der Waals surface area contributed by atoms with Gasteiger partial charge in [0, 0.05) is 30.3 Å². The van der Waals surface area contributed by atoms with Crippen molar-refractivity contribution in [1.29, 1.82) is 0 Å². The lowest BCUT2D eigenvalue weighted by Crippen LogP contribution is -2.18. The predicted octanol–water partition coefficient (Wildman–Crippen LogP) is 3.46. The van der Waals surface area contributed by atoms with Gasteiger partial charge in [-0.1, -0.05) is 29.8 Å². The minimum atomic E-state index is -0.400. The van der Waals surface area contributed by atoms with E-state index in [0.717, 1.165) is 16.7 Å². The summed E-state index contributed by atoms with van der Waals surface area (Å²) in [5.41, 5.74) is 2.82. The number of aromatic hydroxyl groups is 1. The van der Waals surface area contributed by atoms with Crippen molar-refractivity contribution >= 4 is 5.69 Å². The van der Waals surface area contributed by atoms with E-state index in [4.69, 9.17) is 0 Å². The average Bonchev–Trinajstić information content (AvgIpc) is 2.48. The second kappa shape index (κ2) is 6.37. The molecule has 0 aromatic heterocycles. The van der Waals surface area contributed by atoms with Gasteiger partial charge in [-0.2, -0.15) is 0 Å². The van der Waals surface area contributed by atoms with Crippen molar-refractivity contribution in [3.05, 3.63) is 69.3 Å². The van der Waals surface area contributed by atoms with Crippen LogP contribution in [-0.4, -0.2) is 10.0 Å². The Morgan fingerprint density at radius 2 is 2.05 bits per heavy atom. The minimum Gasteiger partial charge on any atom is -0.508 e. The van der Waals surface area contributed by atoms with Gasteiger partial charge in [0.05, 0.1) is 4.92 Å². The van der Waals surface area contributed by atoms with Gasteiger partial charge < -0.3 is 10.4 Å². The number of nitro groups is 1. The zero-order chi connectivity index (χ0) is 15.4. The van der Waals surface area contributed by atoms with Gasteiger partial charge in [-0.15, -0.1) is 0 Å². The number of nitrogens with zero attached hydrogens (tertiary/aromatic N) is 1. The van der Waals surface area contributed by atoms with Crippen LogP contribution in [0.25, 0.3) is 0 Å². The first-order chi connectivity index (χ1) is 9.97. The molecule has 1 atom stereocenters. The maximum Gasteiger partial charge on any atom is 0.269 e. The molecule has 0 aliphatic carbocycles. The number of hydrogen-bond donors (Lipinski definition) is 2. The van der Waals surface area contributed by atoms with E-state index in [1.54, 1.807) is 18.2 Å². The van der Waals surface area contributed by atoms with Crippen molar-refractivity contribution in [3.63, 3.8) is 0 Å². The molecule has 5 nitrogen and oxygen atoms in total. The Labute approximate surface area is 123 Å². The molecular formula is C16H18N2O3. The number of nitrogens with one attached hydrogen (secondary N) is 1. The van der Waals surface area contributed by atoms with E-state index < -0.39 is 4.92 Å². The fourth-order valence-electron chi connectivity index (χ4n) is 2.14. The number of phenols is 1. The smallest absolute Gasteiger partial charge is 0.269 e. The molecule has 5 heteroatoms. The molecule has 21 heavy (non-hydrogen) atoms. The Balaban J connectivity index is 2.08. The van der Waals surface area contributed by atoms with Crippen LogP contribution in [0, 0.1) is 17.0 Å². The molecule has 0 saturated carbocycles. The van der Waals surface area contributed by atoms with Crippen LogP contribution < -0.4 is 5.32 Å². The standard InChI is InChI=1S/C16H18N2O3/c1-11-6-7-16(19)14(8-11)10-17-12(2)13-4-3-5-15(9-13)18(20)21/h3-9,12,17,19H,10H2,1-2H3. The third-order valence-corrected chi connectivity index (χ3v) is 3.41. The Morgan fingerprint density at radius 1 is 1.29 bits per heavy atom. The summed E-state index contributed by atoms with van der Waals surface area (Å²) in [6, 6.07) is 12.0. The lowest BCUT2D eigenvalue weighted by Gasteiger charge is -2.15. The third-order valence-electron chi connectivity index (χ3n) is 3.41. The molecule has 0 radical (unpaired) electrons. The van der Waals surface area contributed by atoms with Crippen LogP contribution in [0.2, 0.25) is 0 Å². The van der Waals surface area contributed by atoms with Crippen LogP contribution >= 0.6 is 0 Å². The van der Waals surface area contributed by atoms with Crippen LogP contribution in [0.15, 0.2) is 42.5 Å². The molecule has 110 valence electrons. The van der Waals surface area contributed by atoms with Crippen LogP contribution in [0.5, 0.6) is 5.75 Å². The van der Waals surface area contributed by atoms with Crippen LogP contribution in [0.1, 0.15) is 29.7 Å². The Morgan fingerprint density at radius 3 is 2.76 bits per heavy atom. The summed E-state index contributed by atoms with van der Waals surface area (Å²) in [5.74, 6) is 0.249.